The number of nitrogens with zero attached hydrogens (tertiary/aromatic N) is 1. The molecule has 0 aliphatic carbocycles. The third-order valence-electron chi connectivity index (χ3n) is 3.99. The van der Waals surface area contributed by atoms with Crippen molar-refractivity contribution in [2.24, 2.45) is 0 Å². The van der Waals surface area contributed by atoms with E-state index in [1.54, 1.807) is 41.3 Å². The summed E-state index contributed by atoms with van der Waals surface area (Å²) >= 11 is 5.88. The number of hydrogen-bond donors (Lipinski definition) is 0. The SMILES string of the molecule is COC(=O)c1cccc2c1CCCN2C(=O)c1ccc(Cl)cc1. The number of carbonyl (C=O) groups is 2. The molecule has 3 rings (SSSR count). The summed E-state index contributed by atoms with van der Waals surface area (Å²) in [4.78, 5) is 26.4. The van der Waals surface area contributed by atoms with Crippen molar-refractivity contribution in [3.05, 3.63) is 64.2 Å². The van der Waals surface area contributed by atoms with E-state index in [0.29, 0.717) is 22.7 Å². The molecule has 0 radical (unpaired) electrons. The molecule has 5 heteroatoms. The van der Waals surface area contributed by atoms with Crippen LogP contribution in [-0.4, -0.2) is 25.5 Å². The fraction of sp³-hybridized carbons (Fsp3) is 0.222. The van der Waals surface area contributed by atoms with E-state index in [1.165, 1.54) is 7.11 Å². The van der Waals surface area contributed by atoms with Crippen LogP contribution in [0.25, 0.3) is 0 Å². The Hall–Kier alpha value is -2.33. The number of amides is 1. The second-order valence-corrected chi connectivity index (χ2v) is 5.80. The Bertz CT molecular complexity index is 755. The lowest BCUT2D eigenvalue weighted by atomic mass is 9.95. The second kappa shape index (κ2) is 6.42. The number of rotatable bonds is 2. The molecule has 2 aromatic rings. The zero-order chi connectivity index (χ0) is 16.4. The van der Waals surface area contributed by atoms with Crippen LogP contribution in [-0.2, 0) is 11.2 Å². The molecule has 0 N–H and O–H groups in total. The maximum absolute atomic E-state index is 12.8. The van der Waals surface area contributed by atoms with Crippen LogP contribution < -0.4 is 4.90 Å². The van der Waals surface area contributed by atoms with Crippen molar-refractivity contribution >= 4 is 29.2 Å². The number of anilines is 1. The van der Waals surface area contributed by atoms with Crippen LogP contribution in [0.2, 0.25) is 5.02 Å². The summed E-state index contributed by atoms with van der Waals surface area (Å²) < 4.78 is 4.84. The normalized spacial score (nSPS) is 13.4. The molecule has 0 spiro atoms. The van der Waals surface area contributed by atoms with E-state index in [1.807, 2.05) is 6.07 Å². The lowest BCUT2D eigenvalue weighted by Gasteiger charge is -2.30. The van der Waals surface area contributed by atoms with Gasteiger partial charge in [-0.1, -0.05) is 17.7 Å². The summed E-state index contributed by atoms with van der Waals surface area (Å²) in [6.45, 7) is 0.624. The summed E-state index contributed by atoms with van der Waals surface area (Å²) in [5, 5.41) is 0.591. The van der Waals surface area contributed by atoms with Crippen LogP contribution in [0, 0.1) is 0 Å². The highest BCUT2D eigenvalue weighted by atomic mass is 35.5. The predicted molar refractivity (Wildman–Crippen MR) is 89.2 cm³/mol. The summed E-state index contributed by atoms with van der Waals surface area (Å²) in [5.74, 6) is -0.465. The highest BCUT2D eigenvalue weighted by molar-refractivity contribution is 6.30. The standard InChI is InChI=1S/C18H16ClNO3/c1-23-18(22)15-4-2-6-16-14(15)5-3-11-20(16)17(21)12-7-9-13(19)10-8-12/h2,4,6-10H,3,5,11H2,1H3. The van der Waals surface area contributed by atoms with Gasteiger partial charge in [-0.15, -0.1) is 0 Å². The van der Waals surface area contributed by atoms with Crippen molar-refractivity contribution in [2.75, 3.05) is 18.6 Å². The van der Waals surface area contributed by atoms with Crippen molar-refractivity contribution < 1.29 is 14.3 Å². The molecule has 0 saturated carbocycles. The van der Waals surface area contributed by atoms with Gasteiger partial charge in [0, 0.05) is 22.8 Å². The summed E-state index contributed by atoms with van der Waals surface area (Å²) in [6, 6.07) is 12.2. The average Bonchev–Trinajstić information content (AvgIpc) is 2.60. The number of methoxy groups -OCH3 is 1. The van der Waals surface area contributed by atoms with Crippen LogP contribution in [0.15, 0.2) is 42.5 Å². The Balaban J connectivity index is 2.00. The number of benzene rings is 2. The molecule has 0 fully saturated rings. The van der Waals surface area contributed by atoms with Gasteiger partial charge in [0.1, 0.15) is 0 Å². The van der Waals surface area contributed by atoms with Gasteiger partial charge in [-0.05, 0) is 54.8 Å². The van der Waals surface area contributed by atoms with Gasteiger partial charge in [-0.25, -0.2) is 4.79 Å². The topological polar surface area (TPSA) is 46.6 Å². The molecule has 0 atom stereocenters. The third-order valence-corrected chi connectivity index (χ3v) is 4.24. The minimum Gasteiger partial charge on any atom is -0.465 e. The highest BCUT2D eigenvalue weighted by Crippen LogP contribution is 2.31. The molecule has 0 bridgehead atoms. The van der Waals surface area contributed by atoms with Crippen LogP contribution in [0.4, 0.5) is 5.69 Å². The zero-order valence-corrected chi connectivity index (χ0v) is 13.5. The summed E-state index contributed by atoms with van der Waals surface area (Å²) in [7, 11) is 1.36. The molecule has 1 aliphatic rings. The molecule has 0 saturated heterocycles. The van der Waals surface area contributed by atoms with Crippen molar-refractivity contribution in [1.29, 1.82) is 0 Å². The monoisotopic (exact) mass is 329 g/mol. The first-order valence-corrected chi connectivity index (χ1v) is 7.77. The minimum atomic E-state index is -0.373. The maximum atomic E-state index is 12.8. The quantitative estimate of drug-likeness (QED) is 0.789. The van der Waals surface area contributed by atoms with E-state index >= 15 is 0 Å². The van der Waals surface area contributed by atoms with Gasteiger partial charge in [-0.3, -0.25) is 4.79 Å². The van der Waals surface area contributed by atoms with Crippen molar-refractivity contribution in [1.82, 2.24) is 0 Å². The van der Waals surface area contributed by atoms with E-state index in [4.69, 9.17) is 16.3 Å². The van der Waals surface area contributed by atoms with Crippen LogP contribution in [0.1, 0.15) is 32.7 Å². The molecular formula is C18H16ClNO3. The van der Waals surface area contributed by atoms with Crippen molar-refractivity contribution in [3.63, 3.8) is 0 Å². The van der Waals surface area contributed by atoms with Crippen LogP contribution in [0.5, 0.6) is 0 Å². The van der Waals surface area contributed by atoms with Gasteiger partial charge in [-0.2, -0.15) is 0 Å². The Morgan fingerprint density at radius 3 is 2.57 bits per heavy atom. The smallest absolute Gasteiger partial charge is 0.338 e. The Morgan fingerprint density at radius 2 is 1.87 bits per heavy atom. The van der Waals surface area contributed by atoms with Crippen LogP contribution in [0.3, 0.4) is 0 Å². The number of esters is 1. The summed E-state index contributed by atoms with van der Waals surface area (Å²) in [5.41, 5.74) is 2.75. The zero-order valence-electron chi connectivity index (χ0n) is 12.7. The molecule has 4 nitrogen and oxygen atoms in total. The largest absolute Gasteiger partial charge is 0.465 e. The molecule has 1 amide bonds. The summed E-state index contributed by atoms with van der Waals surface area (Å²) in [6.07, 6.45) is 1.56. The molecule has 118 valence electrons. The second-order valence-electron chi connectivity index (χ2n) is 5.36. The van der Waals surface area contributed by atoms with Gasteiger partial charge in [0.15, 0.2) is 0 Å². The lowest BCUT2D eigenvalue weighted by Crippen LogP contribution is -2.36. The number of ether oxygens (including phenoxy) is 1. The lowest BCUT2D eigenvalue weighted by molar-refractivity contribution is 0.0599. The van der Waals surface area contributed by atoms with Crippen molar-refractivity contribution in [2.45, 2.75) is 12.8 Å². The van der Waals surface area contributed by atoms with Gasteiger partial charge in [0.2, 0.25) is 0 Å². The molecule has 0 unspecified atom stereocenters. The average molecular weight is 330 g/mol. The minimum absolute atomic E-state index is 0.0929. The molecular weight excluding hydrogens is 314 g/mol. The van der Waals surface area contributed by atoms with Gasteiger partial charge >= 0.3 is 5.97 Å². The van der Waals surface area contributed by atoms with E-state index in [2.05, 4.69) is 0 Å². The third kappa shape index (κ3) is 2.94. The molecule has 2 aromatic carbocycles. The number of fused-ring (bicyclic) bond motifs is 1. The number of halogens is 1. The van der Waals surface area contributed by atoms with E-state index in [-0.39, 0.29) is 11.9 Å². The Labute approximate surface area is 139 Å². The highest BCUT2D eigenvalue weighted by Gasteiger charge is 2.26. The van der Waals surface area contributed by atoms with E-state index in [0.717, 1.165) is 24.1 Å². The fourth-order valence-corrected chi connectivity index (χ4v) is 3.01. The maximum Gasteiger partial charge on any atom is 0.338 e. The molecule has 23 heavy (non-hydrogen) atoms. The van der Waals surface area contributed by atoms with Gasteiger partial charge in [0.25, 0.3) is 5.91 Å². The fourth-order valence-electron chi connectivity index (χ4n) is 2.89. The molecule has 1 aliphatic heterocycles. The first-order valence-electron chi connectivity index (χ1n) is 7.39. The van der Waals surface area contributed by atoms with Crippen LogP contribution >= 0.6 is 11.6 Å². The van der Waals surface area contributed by atoms with Gasteiger partial charge in [0.05, 0.1) is 12.7 Å². The van der Waals surface area contributed by atoms with E-state index < -0.39 is 0 Å². The first kappa shape index (κ1) is 15.6. The number of hydrogen-bond acceptors (Lipinski definition) is 3. The van der Waals surface area contributed by atoms with Gasteiger partial charge < -0.3 is 9.64 Å². The Kier molecular flexibility index (Phi) is 4.35. The molecule has 0 aromatic heterocycles. The first-order chi connectivity index (χ1) is 11.1. The van der Waals surface area contributed by atoms with E-state index in [9.17, 15) is 9.59 Å². The Morgan fingerprint density at radius 1 is 1.13 bits per heavy atom. The predicted octanol–water partition coefficient (Wildman–Crippen LogP) is 3.72. The number of carbonyl (C=O) groups excluding carboxylic acids is 2. The molecule has 1 heterocycles. The van der Waals surface area contributed by atoms with Crippen molar-refractivity contribution in [3.8, 4) is 0 Å².